The number of pyridine rings is 2. The Bertz CT molecular complexity index is 1090. The first kappa shape index (κ1) is 18.1. The van der Waals surface area contributed by atoms with Gasteiger partial charge in [-0.15, -0.1) is 0 Å². The number of hydrogen-bond donors (Lipinski definition) is 2. The molecule has 4 nitrogen and oxygen atoms in total. The molecule has 134 valence electrons. The van der Waals surface area contributed by atoms with Crippen molar-refractivity contribution in [2.24, 2.45) is 0 Å². The van der Waals surface area contributed by atoms with E-state index in [1.54, 1.807) is 13.8 Å². The van der Waals surface area contributed by atoms with Crippen molar-refractivity contribution in [1.29, 1.82) is 0 Å². The van der Waals surface area contributed by atoms with Crippen LogP contribution < -0.4 is 10.9 Å². The predicted molar refractivity (Wildman–Crippen MR) is 98.0 cm³/mol. The Balaban J connectivity index is 2.08. The normalized spacial score (nSPS) is 11.2. The van der Waals surface area contributed by atoms with Crippen molar-refractivity contribution < 1.29 is 8.78 Å². The minimum absolute atomic E-state index is 0.0386. The first-order valence-electron chi connectivity index (χ1n) is 7.80. The van der Waals surface area contributed by atoms with Crippen LogP contribution in [0.1, 0.15) is 23.4 Å². The van der Waals surface area contributed by atoms with E-state index in [-0.39, 0.29) is 27.1 Å². The summed E-state index contributed by atoms with van der Waals surface area (Å²) in [4.78, 5) is 30.9. The maximum atomic E-state index is 12.6. The van der Waals surface area contributed by atoms with Gasteiger partial charge in [0.15, 0.2) is 5.43 Å². The highest BCUT2D eigenvalue weighted by atomic mass is 35.5. The van der Waals surface area contributed by atoms with Crippen LogP contribution in [0.3, 0.4) is 0 Å². The second-order valence-corrected chi connectivity index (χ2v) is 6.32. The van der Waals surface area contributed by atoms with Crippen LogP contribution in [0.5, 0.6) is 0 Å². The summed E-state index contributed by atoms with van der Waals surface area (Å²) in [5.41, 5.74) is 1.65. The van der Waals surface area contributed by atoms with Gasteiger partial charge in [0, 0.05) is 34.9 Å². The van der Waals surface area contributed by atoms with Crippen molar-refractivity contribution in [1.82, 2.24) is 9.97 Å². The molecule has 0 aliphatic heterocycles. The molecule has 0 bridgehead atoms. The summed E-state index contributed by atoms with van der Waals surface area (Å²) in [6.07, 6.45) is -1.12. The molecule has 0 fully saturated rings. The van der Waals surface area contributed by atoms with Gasteiger partial charge in [-0.2, -0.15) is 0 Å². The number of alkyl halides is 2. The molecule has 0 unspecified atom stereocenters. The van der Waals surface area contributed by atoms with Crippen molar-refractivity contribution in [2.75, 3.05) is 0 Å². The molecule has 1 aromatic carbocycles. The highest BCUT2D eigenvalue weighted by molar-refractivity contribution is 6.31. The highest BCUT2D eigenvalue weighted by Crippen LogP contribution is 2.24. The van der Waals surface area contributed by atoms with Gasteiger partial charge in [-0.05, 0) is 19.4 Å². The number of rotatable bonds is 3. The third-order valence-corrected chi connectivity index (χ3v) is 4.62. The Hall–Kier alpha value is -2.73. The molecule has 3 rings (SSSR count). The Kier molecular flexibility index (Phi) is 4.78. The first-order chi connectivity index (χ1) is 12.3. The van der Waals surface area contributed by atoms with Crippen LogP contribution in [-0.2, 0) is 0 Å². The fraction of sp³-hybridized carbons (Fsp3) is 0.158. The summed E-state index contributed by atoms with van der Waals surface area (Å²) in [7, 11) is 0. The Morgan fingerprint density at radius 3 is 2.27 bits per heavy atom. The third kappa shape index (κ3) is 3.20. The minimum atomic E-state index is -2.55. The van der Waals surface area contributed by atoms with E-state index in [1.807, 2.05) is 0 Å². The quantitative estimate of drug-likeness (QED) is 0.701. The second kappa shape index (κ2) is 6.88. The highest BCUT2D eigenvalue weighted by Gasteiger charge is 2.16. The number of aryl methyl sites for hydroxylation is 2. The van der Waals surface area contributed by atoms with Gasteiger partial charge < -0.3 is 9.97 Å². The summed E-state index contributed by atoms with van der Waals surface area (Å²) in [6, 6.07) is 6.96. The topological polar surface area (TPSA) is 65.7 Å². The monoisotopic (exact) mass is 376 g/mol. The molecule has 2 N–H and O–H groups in total. The standard InChI is InChI=1S/C19H15ClF2N2O2/c1-9-16(18(26)17(20)10(2)24-9)13-8-23-14(7-15(13)25)11-3-5-12(6-4-11)19(21)22/h3-8,19H,1-2H3,(H,23,25)(H,24,26). The van der Waals surface area contributed by atoms with Crippen LogP contribution in [0.4, 0.5) is 8.78 Å². The van der Waals surface area contributed by atoms with Gasteiger partial charge in [-0.3, -0.25) is 9.59 Å². The summed E-state index contributed by atoms with van der Waals surface area (Å²) in [5.74, 6) is 0. The molecular weight excluding hydrogens is 362 g/mol. The number of hydrogen-bond acceptors (Lipinski definition) is 2. The fourth-order valence-electron chi connectivity index (χ4n) is 2.82. The zero-order valence-corrected chi connectivity index (χ0v) is 14.7. The SMILES string of the molecule is Cc1[nH]c(C)c(-c2c[nH]c(-c3ccc(C(F)F)cc3)cc2=O)c(=O)c1Cl. The Morgan fingerprint density at radius 2 is 1.69 bits per heavy atom. The van der Waals surface area contributed by atoms with E-state index >= 15 is 0 Å². The lowest BCUT2D eigenvalue weighted by atomic mass is 10.0. The van der Waals surface area contributed by atoms with Gasteiger partial charge in [0.25, 0.3) is 6.43 Å². The molecule has 0 aliphatic rings. The number of aromatic nitrogens is 2. The van der Waals surface area contributed by atoms with E-state index in [2.05, 4.69) is 9.97 Å². The number of H-pyrrole nitrogens is 2. The molecule has 0 saturated carbocycles. The summed E-state index contributed by atoms with van der Waals surface area (Å²) in [6.45, 7) is 3.37. The fourth-order valence-corrected chi connectivity index (χ4v) is 2.96. The zero-order chi connectivity index (χ0) is 19.0. The minimum Gasteiger partial charge on any atom is -0.361 e. The molecule has 0 radical (unpaired) electrons. The van der Waals surface area contributed by atoms with Crippen LogP contribution in [-0.4, -0.2) is 9.97 Å². The van der Waals surface area contributed by atoms with Crippen LogP contribution in [0.2, 0.25) is 5.02 Å². The zero-order valence-electron chi connectivity index (χ0n) is 14.0. The Morgan fingerprint density at radius 1 is 1.04 bits per heavy atom. The molecule has 0 atom stereocenters. The van der Waals surface area contributed by atoms with Crippen LogP contribution in [0.25, 0.3) is 22.4 Å². The van der Waals surface area contributed by atoms with Gasteiger partial charge in [0.2, 0.25) is 5.43 Å². The summed E-state index contributed by atoms with van der Waals surface area (Å²) < 4.78 is 25.3. The van der Waals surface area contributed by atoms with Crippen molar-refractivity contribution in [3.05, 3.63) is 78.9 Å². The predicted octanol–water partition coefficient (Wildman–Crippen LogP) is 4.61. The number of benzene rings is 1. The molecule has 0 saturated heterocycles. The summed E-state index contributed by atoms with van der Waals surface area (Å²) >= 11 is 6.01. The van der Waals surface area contributed by atoms with E-state index in [9.17, 15) is 18.4 Å². The number of nitrogens with one attached hydrogen (secondary N) is 2. The number of aromatic amines is 2. The molecule has 26 heavy (non-hydrogen) atoms. The molecule has 0 amide bonds. The van der Waals surface area contributed by atoms with E-state index in [0.29, 0.717) is 22.6 Å². The maximum Gasteiger partial charge on any atom is 0.263 e. The lowest BCUT2D eigenvalue weighted by Gasteiger charge is -2.09. The maximum absolute atomic E-state index is 12.6. The van der Waals surface area contributed by atoms with E-state index < -0.39 is 11.9 Å². The van der Waals surface area contributed by atoms with E-state index in [0.717, 1.165) is 0 Å². The van der Waals surface area contributed by atoms with Gasteiger partial charge in [-0.25, -0.2) is 8.78 Å². The van der Waals surface area contributed by atoms with Gasteiger partial charge in [0.1, 0.15) is 5.02 Å². The lowest BCUT2D eigenvalue weighted by molar-refractivity contribution is 0.151. The molecule has 3 aromatic rings. The molecule has 7 heteroatoms. The van der Waals surface area contributed by atoms with Gasteiger partial charge >= 0.3 is 0 Å². The number of halogens is 3. The van der Waals surface area contributed by atoms with E-state index in [4.69, 9.17) is 11.6 Å². The molecule has 2 heterocycles. The molecule has 0 aliphatic carbocycles. The van der Waals surface area contributed by atoms with Crippen molar-refractivity contribution in [3.63, 3.8) is 0 Å². The van der Waals surface area contributed by atoms with Crippen LogP contribution in [0.15, 0.2) is 46.1 Å². The third-order valence-electron chi connectivity index (χ3n) is 4.16. The largest absolute Gasteiger partial charge is 0.361 e. The van der Waals surface area contributed by atoms with Gasteiger partial charge in [-0.1, -0.05) is 35.9 Å². The van der Waals surface area contributed by atoms with Crippen LogP contribution in [0, 0.1) is 13.8 Å². The lowest BCUT2D eigenvalue weighted by Crippen LogP contribution is -2.16. The molecule has 0 spiro atoms. The van der Waals surface area contributed by atoms with Crippen molar-refractivity contribution in [2.45, 2.75) is 20.3 Å². The summed E-state index contributed by atoms with van der Waals surface area (Å²) in [5, 5.41) is 0.0386. The van der Waals surface area contributed by atoms with E-state index in [1.165, 1.54) is 36.5 Å². The molecule has 2 aromatic heterocycles. The van der Waals surface area contributed by atoms with Crippen molar-refractivity contribution >= 4 is 11.6 Å². The van der Waals surface area contributed by atoms with Gasteiger partial charge in [0.05, 0.1) is 11.1 Å². The average Bonchev–Trinajstić information content (AvgIpc) is 2.61. The van der Waals surface area contributed by atoms with Crippen molar-refractivity contribution in [3.8, 4) is 22.4 Å². The Labute approximate surface area is 152 Å². The smallest absolute Gasteiger partial charge is 0.263 e. The van der Waals surface area contributed by atoms with Crippen LogP contribution >= 0.6 is 11.6 Å². The first-order valence-corrected chi connectivity index (χ1v) is 8.18. The second-order valence-electron chi connectivity index (χ2n) is 5.94. The molecular formula is C19H15ClF2N2O2. The average molecular weight is 377 g/mol.